The zero-order chi connectivity index (χ0) is 9.97. The Balaban J connectivity index is 2.40. The second kappa shape index (κ2) is 3.46. The smallest absolute Gasteiger partial charge is 0.196 e. The maximum atomic E-state index is 12.6. The molecule has 0 N–H and O–H groups in total. The van der Waals surface area contributed by atoms with E-state index in [-0.39, 0.29) is 11.6 Å². The summed E-state index contributed by atoms with van der Waals surface area (Å²) >= 11 is 0. The van der Waals surface area contributed by atoms with E-state index >= 15 is 0 Å². The molecule has 14 heavy (non-hydrogen) atoms. The lowest BCUT2D eigenvalue weighted by atomic mass is 10.1. The van der Waals surface area contributed by atoms with Crippen LogP contribution >= 0.6 is 0 Å². The molecule has 2 nitrogen and oxygen atoms in total. The van der Waals surface area contributed by atoms with Crippen molar-refractivity contribution in [2.24, 2.45) is 0 Å². The van der Waals surface area contributed by atoms with E-state index in [9.17, 15) is 9.50 Å². The highest BCUT2D eigenvalue weighted by molar-refractivity contribution is 5.59. The van der Waals surface area contributed by atoms with Crippen molar-refractivity contribution in [3.63, 3.8) is 0 Å². The van der Waals surface area contributed by atoms with Crippen LogP contribution in [0.15, 0.2) is 42.6 Å². The second-order valence-electron chi connectivity index (χ2n) is 2.89. The van der Waals surface area contributed by atoms with Gasteiger partial charge in [-0.1, -0.05) is 0 Å². The third-order valence-corrected chi connectivity index (χ3v) is 1.88. The molecule has 0 amide bonds. The van der Waals surface area contributed by atoms with Gasteiger partial charge < -0.3 is 0 Å². The van der Waals surface area contributed by atoms with Crippen LogP contribution in [0.5, 0.6) is 5.75 Å². The minimum atomic E-state index is -0.283. The molecule has 0 aliphatic carbocycles. The molecule has 1 heterocycles. The minimum Gasteiger partial charge on any atom is -0.288 e. The topological polar surface area (TPSA) is 32.8 Å². The van der Waals surface area contributed by atoms with Crippen molar-refractivity contribution >= 4 is 0 Å². The summed E-state index contributed by atoms with van der Waals surface area (Å²) in [6, 6.07) is 9.04. The van der Waals surface area contributed by atoms with Crippen molar-refractivity contribution in [2.75, 3.05) is 0 Å². The number of aromatic nitrogens is 1. The van der Waals surface area contributed by atoms with Gasteiger partial charge in [0.1, 0.15) is 5.82 Å². The van der Waals surface area contributed by atoms with Crippen molar-refractivity contribution in [1.29, 1.82) is 0 Å². The summed E-state index contributed by atoms with van der Waals surface area (Å²) < 4.78 is 12.6. The maximum Gasteiger partial charge on any atom is 0.196 e. The molecule has 0 unspecified atom stereocenters. The van der Waals surface area contributed by atoms with Gasteiger partial charge in [-0.3, -0.25) is 10.1 Å². The van der Waals surface area contributed by atoms with E-state index in [1.54, 1.807) is 18.2 Å². The van der Waals surface area contributed by atoms with Gasteiger partial charge in [0, 0.05) is 5.56 Å². The summed E-state index contributed by atoms with van der Waals surface area (Å²) in [5.74, 6) is -0.412. The third-order valence-electron chi connectivity index (χ3n) is 1.88. The van der Waals surface area contributed by atoms with Crippen molar-refractivity contribution in [1.82, 2.24) is 4.98 Å². The number of rotatable bonds is 1. The largest absolute Gasteiger partial charge is 0.288 e. The summed E-state index contributed by atoms with van der Waals surface area (Å²) in [5.41, 5.74) is 1.47. The van der Waals surface area contributed by atoms with Gasteiger partial charge in [-0.2, -0.15) is 0 Å². The Hall–Kier alpha value is -1.90. The van der Waals surface area contributed by atoms with Crippen LogP contribution in [0.25, 0.3) is 11.3 Å². The van der Waals surface area contributed by atoms with Crippen LogP contribution in [0.4, 0.5) is 4.39 Å². The molecule has 2 aromatic rings. The molecule has 1 aromatic heterocycles. The van der Waals surface area contributed by atoms with E-state index in [1.165, 1.54) is 24.4 Å². The normalized spacial score (nSPS) is 10.1. The predicted octanol–water partition coefficient (Wildman–Crippen LogP) is 3.03. The molecule has 0 aliphatic rings. The number of benzene rings is 1. The van der Waals surface area contributed by atoms with Crippen molar-refractivity contribution in [2.45, 2.75) is 0 Å². The summed E-state index contributed by atoms with van der Waals surface area (Å²) in [5, 5.41) is 10.8. The first-order valence-corrected chi connectivity index (χ1v) is 4.15. The average Bonchev–Trinajstić information content (AvgIpc) is 2.21. The fraction of sp³-hybridized carbons (Fsp3) is 0. The molecule has 0 atom stereocenters. The van der Waals surface area contributed by atoms with E-state index in [2.05, 4.69) is 4.98 Å². The Morgan fingerprint density at radius 1 is 1.00 bits per heavy atom. The molecule has 0 saturated heterocycles. The molecule has 0 saturated carbocycles. The lowest BCUT2D eigenvalue weighted by Gasteiger charge is -1.99. The Morgan fingerprint density at radius 3 is 2.29 bits per heavy atom. The van der Waals surface area contributed by atoms with Crippen LogP contribution in [0.2, 0.25) is 0 Å². The van der Waals surface area contributed by atoms with Gasteiger partial charge in [0.25, 0.3) is 0 Å². The summed E-state index contributed by atoms with van der Waals surface area (Å²) in [6.45, 7) is 0. The van der Waals surface area contributed by atoms with Gasteiger partial charge in [-0.05, 0) is 36.4 Å². The predicted molar refractivity (Wildman–Crippen MR) is 49.8 cm³/mol. The van der Waals surface area contributed by atoms with Gasteiger partial charge in [-0.25, -0.2) is 4.39 Å². The number of hydrogen-bond acceptors (Lipinski definition) is 1. The molecular formula is C11H7FNO. The summed E-state index contributed by atoms with van der Waals surface area (Å²) in [6.07, 6.45) is 1.25. The van der Waals surface area contributed by atoms with Crippen molar-refractivity contribution in [3.05, 3.63) is 48.4 Å². The minimum absolute atomic E-state index is 0.129. The SMILES string of the molecule is [O]c1ccc(-c2ccc(F)cc2)nc1. The van der Waals surface area contributed by atoms with E-state index < -0.39 is 0 Å². The highest BCUT2D eigenvalue weighted by Gasteiger charge is 1.99. The van der Waals surface area contributed by atoms with Crippen LogP contribution in [0.3, 0.4) is 0 Å². The van der Waals surface area contributed by atoms with Gasteiger partial charge in [0.2, 0.25) is 0 Å². The van der Waals surface area contributed by atoms with Crippen LogP contribution in [-0.2, 0) is 5.11 Å². The summed E-state index contributed by atoms with van der Waals surface area (Å²) in [4.78, 5) is 3.94. The first-order valence-electron chi connectivity index (χ1n) is 4.15. The average molecular weight is 188 g/mol. The van der Waals surface area contributed by atoms with Gasteiger partial charge in [-0.15, -0.1) is 0 Å². The van der Waals surface area contributed by atoms with Crippen LogP contribution in [0, 0.1) is 5.82 Å². The molecule has 1 radical (unpaired) electrons. The van der Waals surface area contributed by atoms with Crippen LogP contribution < -0.4 is 0 Å². The molecule has 2 rings (SSSR count). The summed E-state index contributed by atoms with van der Waals surface area (Å²) in [7, 11) is 0. The van der Waals surface area contributed by atoms with E-state index in [0.29, 0.717) is 5.69 Å². The first-order chi connectivity index (χ1) is 6.75. The number of hydrogen-bond donors (Lipinski definition) is 0. The van der Waals surface area contributed by atoms with Crippen molar-refractivity contribution in [3.8, 4) is 17.0 Å². The Bertz CT molecular complexity index is 379. The number of nitrogens with zero attached hydrogens (tertiary/aromatic N) is 1. The molecule has 0 fully saturated rings. The molecule has 69 valence electrons. The quantitative estimate of drug-likeness (QED) is 0.677. The zero-order valence-electron chi connectivity index (χ0n) is 7.27. The molecular weight excluding hydrogens is 181 g/mol. The monoisotopic (exact) mass is 188 g/mol. The van der Waals surface area contributed by atoms with E-state index in [1.807, 2.05) is 0 Å². The van der Waals surface area contributed by atoms with E-state index in [0.717, 1.165) is 5.56 Å². The molecule has 0 bridgehead atoms. The third kappa shape index (κ3) is 1.71. The van der Waals surface area contributed by atoms with Gasteiger partial charge in [0.05, 0.1) is 11.9 Å². The number of halogens is 1. The number of pyridine rings is 1. The zero-order valence-corrected chi connectivity index (χ0v) is 7.27. The molecule has 0 aliphatic heterocycles. The fourth-order valence-electron chi connectivity index (χ4n) is 1.17. The molecule has 1 aromatic carbocycles. The fourth-order valence-corrected chi connectivity index (χ4v) is 1.17. The van der Waals surface area contributed by atoms with Gasteiger partial charge >= 0.3 is 0 Å². The highest BCUT2D eigenvalue weighted by Crippen LogP contribution is 2.18. The van der Waals surface area contributed by atoms with Crippen LogP contribution in [0.1, 0.15) is 0 Å². The van der Waals surface area contributed by atoms with Gasteiger partial charge in [0.15, 0.2) is 5.75 Å². The maximum absolute atomic E-state index is 12.6. The van der Waals surface area contributed by atoms with Crippen LogP contribution in [-0.4, -0.2) is 4.98 Å². The second-order valence-corrected chi connectivity index (χ2v) is 2.89. The first kappa shape index (κ1) is 8.69. The Labute approximate surface area is 80.7 Å². The highest BCUT2D eigenvalue weighted by atomic mass is 19.1. The van der Waals surface area contributed by atoms with E-state index in [4.69, 9.17) is 0 Å². The van der Waals surface area contributed by atoms with Crippen molar-refractivity contribution < 1.29 is 9.50 Å². The standard InChI is InChI=1S/C11H7FNO/c12-9-3-1-8(2-4-9)11-6-5-10(14)7-13-11/h1-7H. The lowest BCUT2D eigenvalue weighted by Crippen LogP contribution is -1.82. The Morgan fingerprint density at radius 2 is 1.71 bits per heavy atom. The lowest BCUT2D eigenvalue weighted by molar-refractivity contribution is 0.353. The molecule has 3 heteroatoms. The molecule has 0 spiro atoms. The Kier molecular flexibility index (Phi) is 2.14.